The van der Waals surface area contributed by atoms with Crippen molar-refractivity contribution in [2.75, 3.05) is 0 Å². The van der Waals surface area contributed by atoms with Crippen LogP contribution in [0.2, 0.25) is 10.0 Å². The van der Waals surface area contributed by atoms with Gasteiger partial charge in [0.15, 0.2) is 0 Å². The second-order valence-corrected chi connectivity index (χ2v) is 21.4. The molecule has 0 fully saturated rings. The molecule has 50 heavy (non-hydrogen) atoms. The van der Waals surface area contributed by atoms with Crippen molar-refractivity contribution in [3.05, 3.63) is 189 Å². The Hall–Kier alpha value is -2.94. The summed E-state index contributed by atoms with van der Waals surface area (Å²) in [5.74, 6) is 0. The van der Waals surface area contributed by atoms with Gasteiger partial charge in [-0.05, 0) is 0 Å². The fraction of sp³-hybridized carbons (Fsp3) is 0.0909. The van der Waals surface area contributed by atoms with Gasteiger partial charge in [0, 0.05) is 0 Å². The maximum atomic E-state index is 6.69. The summed E-state index contributed by atoms with van der Waals surface area (Å²) in [6.07, 6.45) is 0. The molecule has 0 aromatic heterocycles. The topological polar surface area (TPSA) is 0 Å². The van der Waals surface area contributed by atoms with Gasteiger partial charge in [0.1, 0.15) is 0 Å². The van der Waals surface area contributed by atoms with Crippen molar-refractivity contribution < 1.29 is 48.0 Å². The molecule has 2 unspecified atom stereocenters. The molecular formula is C44H32Cl4SiZr. The summed E-state index contributed by atoms with van der Waals surface area (Å²) in [6.45, 7) is 4.96. The van der Waals surface area contributed by atoms with Crippen LogP contribution in [0, 0.1) is 0 Å². The van der Waals surface area contributed by atoms with Crippen molar-refractivity contribution in [2.45, 2.75) is 21.1 Å². The molecule has 9 rings (SSSR count). The second kappa shape index (κ2) is 13.9. The Kier molecular flexibility index (Phi) is 9.85. The van der Waals surface area contributed by atoms with Gasteiger partial charge in [-0.3, -0.25) is 0 Å². The van der Waals surface area contributed by atoms with Gasteiger partial charge in [-0.15, -0.1) is 0 Å². The number of allylic oxidation sites excluding steroid dienone is 2. The predicted molar refractivity (Wildman–Crippen MR) is 202 cm³/mol. The third kappa shape index (κ3) is 5.25. The van der Waals surface area contributed by atoms with Gasteiger partial charge in [-0.1, -0.05) is 0 Å². The minimum absolute atomic E-state index is 0. The van der Waals surface area contributed by atoms with Crippen molar-refractivity contribution in [1.29, 1.82) is 0 Å². The SMILES string of the molecule is CC1=C2c3c(-c4ccccc4)cccc3[CH]1[Zr+2][CH]1C(C)=C(c3c(-c4ccccc4)cccc31)[Si]2(c1ccc(Cl)cc1)c1ccc(Cl)cc1.[Cl-].[Cl-]. The Bertz CT molecular complexity index is 2130. The van der Waals surface area contributed by atoms with Crippen LogP contribution in [0.5, 0.6) is 0 Å². The molecule has 0 spiro atoms. The summed E-state index contributed by atoms with van der Waals surface area (Å²) in [6, 6.07) is 54.1. The minimum atomic E-state index is -3.03. The van der Waals surface area contributed by atoms with E-state index in [-0.39, 0.29) is 24.8 Å². The third-order valence-corrected chi connectivity index (χ3v) is 21.8. The Labute approximate surface area is 329 Å². The molecule has 4 bridgehead atoms. The third-order valence-electron chi connectivity index (χ3n) is 10.8. The van der Waals surface area contributed by atoms with E-state index in [0.29, 0.717) is 7.25 Å². The van der Waals surface area contributed by atoms with E-state index < -0.39 is 31.3 Å². The molecule has 1 heterocycles. The maximum Gasteiger partial charge on any atom is -1.00 e. The van der Waals surface area contributed by atoms with Crippen LogP contribution in [0.3, 0.4) is 0 Å². The van der Waals surface area contributed by atoms with Crippen molar-refractivity contribution in [3.8, 4) is 22.3 Å². The van der Waals surface area contributed by atoms with Crippen LogP contribution in [0.1, 0.15) is 43.4 Å². The number of hydrogen-bond acceptors (Lipinski definition) is 0. The molecule has 0 saturated carbocycles. The zero-order chi connectivity index (χ0) is 32.6. The zero-order valence-corrected chi connectivity index (χ0v) is 34.0. The molecule has 0 amide bonds. The molecule has 6 heteroatoms. The van der Waals surface area contributed by atoms with Crippen LogP contribution < -0.4 is 35.2 Å². The summed E-state index contributed by atoms with van der Waals surface area (Å²) in [5.41, 5.74) is 14.4. The summed E-state index contributed by atoms with van der Waals surface area (Å²) in [5, 5.41) is 7.40. The Morgan fingerprint density at radius 2 is 0.840 bits per heavy atom. The molecular weight excluding hydrogens is 790 g/mol. The van der Waals surface area contributed by atoms with E-state index in [9.17, 15) is 0 Å². The number of hydrogen-bond donors (Lipinski definition) is 0. The summed E-state index contributed by atoms with van der Waals surface area (Å²) >= 11 is 12.3. The molecule has 6 aromatic carbocycles. The molecule has 2 aliphatic carbocycles. The average Bonchev–Trinajstić information content (AvgIpc) is 3.59. The second-order valence-electron chi connectivity index (χ2n) is 13.2. The normalized spacial score (nSPS) is 17.7. The molecule has 0 saturated heterocycles. The van der Waals surface area contributed by atoms with Crippen LogP contribution in [0.4, 0.5) is 0 Å². The molecule has 3 aliphatic rings. The largest absolute Gasteiger partial charge is 1.00 e. The maximum absolute atomic E-state index is 6.69. The summed E-state index contributed by atoms with van der Waals surface area (Å²) in [4.78, 5) is 0. The van der Waals surface area contributed by atoms with E-state index in [0.717, 1.165) is 10.0 Å². The standard InChI is InChI=1S/C44H32Cl2Si.2ClH.Zr/c1-29-27-33-15-9-17-39(31-11-5-3-6-12-31)41(33)43(29)47(37-23-19-35(45)20-24-37,38-25-21-36(46)22-26-38)44-30(2)28-34-16-10-18-40(42(34)44)32-13-7-4-8-14-32;;;/h3-28H,1-2H3;2*1H;/q;;;+2/p-2. The van der Waals surface area contributed by atoms with Gasteiger partial charge >= 0.3 is 308 Å². The summed E-state index contributed by atoms with van der Waals surface area (Å²) < 4.78 is 0.975. The van der Waals surface area contributed by atoms with E-state index in [1.807, 2.05) is 0 Å². The molecule has 0 radical (unpaired) electrons. The predicted octanol–water partition coefficient (Wildman–Crippen LogP) is 5.13. The van der Waals surface area contributed by atoms with Crippen LogP contribution in [0.15, 0.2) is 157 Å². The van der Waals surface area contributed by atoms with E-state index in [4.69, 9.17) is 23.2 Å². The van der Waals surface area contributed by atoms with E-state index >= 15 is 0 Å². The zero-order valence-electron chi connectivity index (χ0n) is 27.5. The quantitative estimate of drug-likeness (QED) is 0.217. The monoisotopic (exact) mass is 818 g/mol. The van der Waals surface area contributed by atoms with Crippen molar-refractivity contribution in [1.82, 2.24) is 0 Å². The average molecular weight is 822 g/mol. The number of fused-ring (bicyclic) bond motifs is 8. The van der Waals surface area contributed by atoms with Crippen LogP contribution >= 0.6 is 23.2 Å². The minimum Gasteiger partial charge on any atom is -1.00 e. The molecule has 1 aliphatic heterocycles. The molecule has 2 atom stereocenters. The number of rotatable bonds is 4. The first-order chi connectivity index (χ1) is 23.5. The van der Waals surface area contributed by atoms with Crippen molar-refractivity contribution >= 4 is 52.0 Å². The van der Waals surface area contributed by atoms with E-state index in [2.05, 4.69) is 159 Å². The smallest absolute Gasteiger partial charge is 1.00 e. The van der Waals surface area contributed by atoms with Gasteiger partial charge in [0.25, 0.3) is 0 Å². The van der Waals surface area contributed by atoms with Crippen LogP contribution in [-0.2, 0) is 23.2 Å². The van der Waals surface area contributed by atoms with Gasteiger partial charge in [-0.25, -0.2) is 0 Å². The Balaban J connectivity index is 0.00000196. The van der Waals surface area contributed by atoms with Crippen LogP contribution in [0.25, 0.3) is 32.6 Å². The first kappa shape index (κ1) is 35.5. The molecule has 0 nitrogen and oxygen atoms in total. The van der Waals surface area contributed by atoms with Gasteiger partial charge in [-0.2, -0.15) is 0 Å². The number of halogens is 4. The van der Waals surface area contributed by atoms with E-state index in [1.54, 1.807) is 21.5 Å². The first-order valence-electron chi connectivity index (χ1n) is 16.6. The Morgan fingerprint density at radius 1 is 0.460 bits per heavy atom. The van der Waals surface area contributed by atoms with Crippen molar-refractivity contribution in [2.24, 2.45) is 0 Å². The van der Waals surface area contributed by atoms with Crippen molar-refractivity contribution in [3.63, 3.8) is 0 Å². The summed E-state index contributed by atoms with van der Waals surface area (Å²) in [7, 11) is -3.03. The first-order valence-corrected chi connectivity index (χ1v) is 22.2. The molecule has 0 N–H and O–H groups in total. The molecule has 244 valence electrons. The van der Waals surface area contributed by atoms with E-state index in [1.165, 1.54) is 54.9 Å². The molecule has 6 aromatic rings. The van der Waals surface area contributed by atoms with Gasteiger partial charge in [0.05, 0.1) is 0 Å². The van der Waals surface area contributed by atoms with Crippen LogP contribution in [-0.4, -0.2) is 8.07 Å². The fourth-order valence-electron chi connectivity index (χ4n) is 8.88. The van der Waals surface area contributed by atoms with Gasteiger partial charge < -0.3 is 24.8 Å². The Morgan fingerprint density at radius 3 is 1.22 bits per heavy atom. The fourth-order valence-corrected chi connectivity index (χ4v) is 20.5. The van der Waals surface area contributed by atoms with Gasteiger partial charge in [0.2, 0.25) is 0 Å². The number of benzene rings is 6.